The van der Waals surface area contributed by atoms with Crippen LogP contribution in [0.2, 0.25) is 15.1 Å². The Morgan fingerprint density at radius 2 is 1.67 bits per heavy atom. The van der Waals surface area contributed by atoms with Gasteiger partial charge in [0.2, 0.25) is 5.88 Å². The lowest BCUT2D eigenvalue weighted by molar-refractivity contribution is 0.429. The van der Waals surface area contributed by atoms with Gasteiger partial charge in [0, 0.05) is 10.7 Å². The SMILES string of the molecule is Cc1[nH]n(-c2c(Cl)cc(Cl)cc2Cl)c(=O)c1C=C=CC=Cc1c(O)n(-c2ccccc2)c(=O)[nH]c1=O. The molecular formula is C25H17Cl3N4O4. The number of halogens is 3. The van der Waals surface area contributed by atoms with Crippen LogP contribution in [0.15, 0.2) is 74.7 Å². The largest absolute Gasteiger partial charge is 0.494 e. The van der Waals surface area contributed by atoms with Crippen molar-refractivity contribution in [1.82, 2.24) is 19.3 Å². The van der Waals surface area contributed by atoms with Crippen LogP contribution in [-0.2, 0) is 0 Å². The number of aromatic nitrogens is 4. The molecule has 11 heteroatoms. The summed E-state index contributed by atoms with van der Waals surface area (Å²) < 4.78 is 2.20. The Morgan fingerprint density at radius 1 is 1.00 bits per heavy atom. The number of benzene rings is 2. The molecule has 0 aliphatic carbocycles. The number of para-hydroxylation sites is 1. The molecule has 0 saturated heterocycles. The molecule has 2 aromatic heterocycles. The predicted octanol–water partition coefficient (Wildman–Crippen LogP) is 4.86. The van der Waals surface area contributed by atoms with Crippen LogP contribution in [-0.4, -0.2) is 24.4 Å². The van der Waals surface area contributed by atoms with Crippen molar-refractivity contribution in [2.75, 3.05) is 0 Å². The highest BCUT2D eigenvalue weighted by Gasteiger charge is 2.16. The molecule has 0 radical (unpaired) electrons. The first-order chi connectivity index (χ1) is 17.2. The Balaban J connectivity index is 1.66. The van der Waals surface area contributed by atoms with Gasteiger partial charge in [-0.1, -0.05) is 59.1 Å². The summed E-state index contributed by atoms with van der Waals surface area (Å²) in [6.45, 7) is 1.70. The van der Waals surface area contributed by atoms with Crippen LogP contribution >= 0.6 is 34.8 Å². The lowest BCUT2D eigenvalue weighted by atomic mass is 10.2. The maximum atomic E-state index is 12.9. The highest BCUT2D eigenvalue weighted by molar-refractivity contribution is 6.40. The van der Waals surface area contributed by atoms with E-state index in [4.69, 9.17) is 34.8 Å². The maximum Gasteiger partial charge on any atom is 0.335 e. The standard InChI is InChI=1S/C25H17Cl3N4O4/c1-14-17(24(35)32(30-14)21-19(27)12-15(26)13-20(21)28)10-6-3-7-11-18-22(33)29-25(36)31(23(18)34)16-8-4-2-5-9-16/h2-5,7-13,30,34H,1H3,(H,29,33,36). The molecule has 36 heavy (non-hydrogen) atoms. The normalized spacial score (nSPS) is 11.0. The first kappa shape index (κ1) is 25.2. The van der Waals surface area contributed by atoms with E-state index in [1.807, 2.05) is 0 Å². The highest BCUT2D eigenvalue weighted by Crippen LogP contribution is 2.31. The number of aromatic hydroxyl groups is 1. The number of allylic oxidation sites excluding steroid dienone is 2. The fraction of sp³-hybridized carbons (Fsp3) is 0.0400. The molecule has 8 nitrogen and oxygen atoms in total. The number of hydrogen-bond donors (Lipinski definition) is 3. The summed E-state index contributed by atoms with van der Waals surface area (Å²) in [4.78, 5) is 39.6. The summed E-state index contributed by atoms with van der Waals surface area (Å²) in [5.74, 6) is -0.510. The molecule has 182 valence electrons. The van der Waals surface area contributed by atoms with Crippen LogP contribution in [0.4, 0.5) is 0 Å². The van der Waals surface area contributed by atoms with Gasteiger partial charge in [-0.25, -0.2) is 14.0 Å². The third-order valence-corrected chi connectivity index (χ3v) is 5.94. The van der Waals surface area contributed by atoms with E-state index in [0.29, 0.717) is 22.0 Å². The molecule has 0 saturated carbocycles. The smallest absolute Gasteiger partial charge is 0.335 e. The zero-order chi connectivity index (χ0) is 26.0. The van der Waals surface area contributed by atoms with Crippen molar-refractivity contribution in [2.24, 2.45) is 0 Å². The summed E-state index contributed by atoms with van der Waals surface area (Å²) in [6.07, 6.45) is 5.65. The highest BCUT2D eigenvalue weighted by atomic mass is 35.5. The molecule has 0 fully saturated rings. The monoisotopic (exact) mass is 542 g/mol. The Hall–Kier alpha value is -3.94. The van der Waals surface area contributed by atoms with E-state index in [-0.39, 0.29) is 21.3 Å². The molecule has 3 N–H and O–H groups in total. The van der Waals surface area contributed by atoms with E-state index in [0.717, 1.165) is 4.57 Å². The summed E-state index contributed by atoms with van der Waals surface area (Å²) in [6, 6.07) is 11.3. The summed E-state index contributed by atoms with van der Waals surface area (Å²) in [7, 11) is 0. The second kappa shape index (κ2) is 10.4. The molecule has 4 rings (SSSR count). The number of nitrogens with one attached hydrogen (secondary N) is 2. The minimum atomic E-state index is -0.767. The summed E-state index contributed by atoms with van der Waals surface area (Å²) >= 11 is 18.4. The van der Waals surface area contributed by atoms with Crippen molar-refractivity contribution in [3.8, 4) is 17.3 Å². The lowest BCUT2D eigenvalue weighted by Gasteiger charge is -2.09. The van der Waals surface area contributed by atoms with Gasteiger partial charge in [0.25, 0.3) is 11.1 Å². The second-order valence-corrected chi connectivity index (χ2v) is 8.76. The minimum Gasteiger partial charge on any atom is -0.494 e. The van der Waals surface area contributed by atoms with Crippen molar-refractivity contribution in [3.05, 3.63) is 123 Å². The number of aryl methyl sites for hydroxylation is 1. The summed E-state index contributed by atoms with van der Waals surface area (Å²) in [5, 5.41) is 14.2. The molecule has 0 atom stereocenters. The lowest BCUT2D eigenvalue weighted by Crippen LogP contribution is -2.30. The zero-order valence-corrected chi connectivity index (χ0v) is 20.8. The van der Waals surface area contributed by atoms with Crippen LogP contribution in [0.5, 0.6) is 5.88 Å². The number of hydrogen-bond acceptors (Lipinski definition) is 4. The van der Waals surface area contributed by atoms with Gasteiger partial charge in [0.05, 0.1) is 21.3 Å². The molecule has 0 spiro atoms. The van der Waals surface area contributed by atoms with Crippen LogP contribution in [0, 0.1) is 6.92 Å². The molecule has 0 aliphatic rings. The Labute approximate surface area is 218 Å². The average Bonchev–Trinajstić information content (AvgIpc) is 3.08. The van der Waals surface area contributed by atoms with Crippen LogP contribution in [0.1, 0.15) is 16.8 Å². The van der Waals surface area contributed by atoms with Gasteiger partial charge in [0.1, 0.15) is 11.3 Å². The van der Waals surface area contributed by atoms with Crippen LogP contribution in [0.25, 0.3) is 23.5 Å². The third-order valence-electron chi connectivity index (χ3n) is 5.14. The van der Waals surface area contributed by atoms with Crippen molar-refractivity contribution in [2.45, 2.75) is 6.92 Å². The molecule has 2 heterocycles. The maximum absolute atomic E-state index is 12.9. The predicted molar refractivity (Wildman–Crippen MR) is 142 cm³/mol. The molecule has 0 aliphatic heterocycles. The Bertz CT molecular complexity index is 1710. The zero-order valence-electron chi connectivity index (χ0n) is 18.6. The molecule has 4 aromatic rings. The fourth-order valence-electron chi connectivity index (χ4n) is 3.47. The summed E-state index contributed by atoms with van der Waals surface area (Å²) in [5.41, 5.74) is 2.28. The van der Waals surface area contributed by atoms with E-state index >= 15 is 0 Å². The van der Waals surface area contributed by atoms with Gasteiger partial charge in [-0.2, -0.15) is 0 Å². The van der Waals surface area contributed by atoms with Gasteiger partial charge in [-0.05, 0) is 49.4 Å². The van der Waals surface area contributed by atoms with Gasteiger partial charge in [-0.15, -0.1) is 5.73 Å². The molecule has 2 aromatic carbocycles. The Morgan fingerprint density at radius 3 is 2.33 bits per heavy atom. The number of nitrogens with zero attached hydrogens (tertiary/aromatic N) is 2. The van der Waals surface area contributed by atoms with Gasteiger partial charge < -0.3 is 5.11 Å². The fourth-order valence-corrected chi connectivity index (χ4v) is 4.46. The topological polar surface area (TPSA) is 113 Å². The minimum absolute atomic E-state index is 0.122. The molecular weight excluding hydrogens is 527 g/mol. The average molecular weight is 544 g/mol. The molecule has 0 bridgehead atoms. The third kappa shape index (κ3) is 4.89. The van der Waals surface area contributed by atoms with Crippen LogP contribution < -0.4 is 16.8 Å². The number of aromatic amines is 2. The van der Waals surface area contributed by atoms with E-state index < -0.39 is 22.7 Å². The first-order valence-corrected chi connectivity index (χ1v) is 11.5. The van der Waals surface area contributed by atoms with Crippen molar-refractivity contribution in [3.63, 3.8) is 0 Å². The number of H-pyrrole nitrogens is 2. The van der Waals surface area contributed by atoms with Crippen molar-refractivity contribution < 1.29 is 5.11 Å². The van der Waals surface area contributed by atoms with Gasteiger partial charge in [-0.3, -0.25) is 19.7 Å². The van der Waals surface area contributed by atoms with Crippen molar-refractivity contribution >= 4 is 47.0 Å². The quantitative estimate of drug-likeness (QED) is 0.246. The number of rotatable bonds is 5. The van der Waals surface area contributed by atoms with E-state index in [1.54, 1.807) is 37.3 Å². The van der Waals surface area contributed by atoms with Gasteiger partial charge in [0.15, 0.2) is 0 Å². The second-order valence-electron chi connectivity index (χ2n) is 7.51. The van der Waals surface area contributed by atoms with Crippen molar-refractivity contribution in [1.29, 1.82) is 0 Å². The van der Waals surface area contributed by atoms with Gasteiger partial charge >= 0.3 is 5.69 Å². The molecule has 0 unspecified atom stereocenters. The molecule has 0 amide bonds. The van der Waals surface area contributed by atoms with E-state index in [9.17, 15) is 19.5 Å². The van der Waals surface area contributed by atoms with E-state index in [2.05, 4.69) is 15.8 Å². The Kier molecular flexibility index (Phi) is 7.24. The van der Waals surface area contributed by atoms with Crippen LogP contribution in [0.3, 0.4) is 0 Å². The van der Waals surface area contributed by atoms with E-state index in [1.165, 1.54) is 41.1 Å². The first-order valence-electron chi connectivity index (χ1n) is 10.4.